The molecule has 1 aromatic heterocycles. The first-order valence-corrected chi connectivity index (χ1v) is 6.89. The molecule has 1 amide bonds. The predicted molar refractivity (Wildman–Crippen MR) is 71.7 cm³/mol. The van der Waals surface area contributed by atoms with Gasteiger partial charge in [-0.25, -0.2) is 4.98 Å². The van der Waals surface area contributed by atoms with Crippen LogP contribution in [0.25, 0.3) is 0 Å². The molecule has 19 heavy (non-hydrogen) atoms. The minimum Gasteiger partial charge on any atom is -0.375 e. The minimum atomic E-state index is 0.0275. The van der Waals surface area contributed by atoms with Crippen molar-refractivity contribution in [1.82, 2.24) is 20.2 Å². The molecule has 1 fully saturated rings. The van der Waals surface area contributed by atoms with E-state index in [2.05, 4.69) is 15.6 Å². The number of nitrogens with one attached hydrogen (secondary N) is 2. The molecule has 6 heteroatoms. The lowest BCUT2D eigenvalue weighted by Crippen LogP contribution is -2.41. The van der Waals surface area contributed by atoms with Crippen LogP contribution in [-0.2, 0) is 16.1 Å². The maximum atomic E-state index is 11.7. The van der Waals surface area contributed by atoms with Gasteiger partial charge in [0, 0.05) is 38.6 Å². The van der Waals surface area contributed by atoms with Crippen LogP contribution < -0.4 is 10.6 Å². The van der Waals surface area contributed by atoms with Gasteiger partial charge in [-0.05, 0) is 12.8 Å². The summed E-state index contributed by atoms with van der Waals surface area (Å²) in [5.41, 5.74) is 0. The highest BCUT2D eigenvalue weighted by molar-refractivity contribution is 5.76. The van der Waals surface area contributed by atoms with E-state index in [1.165, 1.54) is 0 Å². The number of amides is 1. The average Bonchev–Trinajstić information content (AvgIpc) is 2.92. The van der Waals surface area contributed by atoms with Gasteiger partial charge in [0.25, 0.3) is 0 Å². The highest BCUT2D eigenvalue weighted by Crippen LogP contribution is 2.01. The van der Waals surface area contributed by atoms with E-state index < -0.39 is 0 Å². The SMILES string of the molecule is O=C(CC1CNCCO1)NCCCCn1ccnc1. The molecule has 0 aliphatic carbocycles. The average molecular weight is 266 g/mol. The number of hydrogen-bond donors (Lipinski definition) is 2. The van der Waals surface area contributed by atoms with E-state index in [1.807, 2.05) is 17.1 Å². The number of rotatable bonds is 7. The van der Waals surface area contributed by atoms with Crippen LogP contribution in [0.3, 0.4) is 0 Å². The van der Waals surface area contributed by atoms with Gasteiger partial charge in [0.05, 0.1) is 25.5 Å². The number of carbonyl (C=O) groups is 1. The maximum Gasteiger partial charge on any atom is 0.222 e. The van der Waals surface area contributed by atoms with Crippen molar-refractivity contribution >= 4 is 5.91 Å². The van der Waals surface area contributed by atoms with E-state index in [1.54, 1.807) is 6.20 Å². The molecule has 1 aromatic rings. The van der Waals surface area contributed by atoms with Crippen molar-refractivity contribution in [3.8, 4) is 0 Å². The predicted octanol–water partition coefficient (Wildman–Crippen LogP) is 0.158. The summed E-state index contributed by atoms with van der Waals surface area (Å²) in [6, 6.07) is 0. The highest BCUT2D eigenvalue weighted by atomic mass is 16.5. The second-order valence-electron chi connectivity index (χ2n) is 4.76. The molecule has 1 saturated heterocycles. The van der Waals surface area contributed by atoms with Crippen LogP contribution in [-0.4, -0.2) is 47.8 Å². The molecule has 2 heterocycles. The van der Waals surface area contributed by atoms with Gasteiger partial charge < -0.3 is 19.9 Å². The first-order chi connectivity index (χ1) is 9.34. The van der Waals surface area contributed by atoms with Crippen LogP contribution >= 0.6 is 0 Å². The molecule has 0 spiro atoms. The van der Waals surface area contributed by atoms with Crippen LogP contribution in [0, 0.1) is 0 Å². The lowest BCUT2D eigenvalue weighted by atomic mass is 10.2. The number of nitrogens with zero attached hydrogens (tertiary/aromatic N) is 2. The summed E-state index contributed by atoms with van der Waals surface area (Å²) < 4.78 is 7.54. The molecular weight excluding hydrogens is 244 g/mol. The molecule has 1 atom stereocenters. The molecule has 106 valence electrons. The van der Waals surface area contributed by atoms with Gasteiger partial charge in [-0.3, -0.25) is 4.79 Å². The van der Waals surface area contributed by atoms with E-state index in [-0.39, 0.29) is 12.0 Å². The zero-order valence-electron chi connectivity index (χ0n) is 11.2. The lowest BCUT2D eigenvalue weighted by Gasteiger charge is -2.23. The molecule has 0 saturated carbocycles. The second-order valence-corrected chi connectivity index (χ2v) is 4.76. The minimum absolute atomic E-state index is 0.0275. The number of unbranched alkanes of at least 4 members (excludes halogenated alkanes) is 1. The van der Waals surface area contributed by atoms with Gasteiger partial charge in [-0.2, -0.15) is 0 Å². The largest absolute Gasteiger partial charge is 0.375 e. The summed E-state index contributed by atoms with van der Waals surface area (Å²) in [6.07, 6.45) is 8.04. The van der Waals surface area contributed by atoms with E-state index in [9.17, 15) is 4.79 Å². The number of imidazole rings is 1. The van der Waals surface area contributed by atoms with E-state index >= 15 is 0 Å². The zero-order valence-corrected chi connectivity index (χ0v) is 11.2. The monoisotopic (exact) mass is 266 g/mol. The van der Waals surface area contributed by atoms with Gasteiger partial charge in [0.15, 0.2) is 0 Å². The van der Waals surface area contributed by atoms with Crippen LogP contribution in [0.5, 0.6) is 0 Å². The van der Waals surface area contributed by atoms with E-state index in [4.69, 9.17) is 4.74 Å². The molecule has 1 unspecified atom stereocenters. The summed E-state index contributed by atoms with van der Waals surface area (Å²) >= 11 is 0. The van der Waals surface area contributed by atoms with Crippen molar-refractivity contribution < 1.29 is 9.53 Å². The Labute approximate surface area is 113 Å². The van der Waals surface area contributed by atoms with Crippen molar-refractivity contribution in [3.05, 3.63) is 18.7 Å². The Bertz CT molecular complexity index is 361. The van der Waals surface area contributed by atoms with E-state index in [0.29, 0.717) is 13.0 Å². The fraction of sp³-hybridized carbons (Fsp3) is 0.692. The second kappa shape index (κ2) is 7.91. The van der Waals surface area contributed by atoms with Gasteiger partial charge in [0.1, 0.15) is 0 Å². The van der Waals surface area contributed by atoms with Crippen molar-refractivity contribution in [2.75, 3.05) is 26.2 Å². The van der Waals surface area contributed by atoms with Crippen molar-refractivity contribution in [2.45, 2.75) is 31.9 Å². The van der Waals surface area contributed by atoms with Crippen LogP contribution in [0.2, 0.25) is 0 Å². The third-order valence-electron chi connectivity index (χ3n) is 3.14. The molecule has 0 aromatic carbocycles. The molecule has 1 aliphatic rings. The fourth-order valence-corrected chi connectivity index (χ4v) is 2.10. The number of morpholine rings is 1. The topological polar surface area (TPSA) is 68.2 Å². The highest BCUT2D eigenvalue weighted by Gasteiger charge is 2.16. The van der Waals surface area contributed by atoms with E-state index in [0.717, 1.165) is 39.0 Å². The summed E-state index contributed by atoms with van der Waals surface area (Å²) in [5, 5.41) is 6.16. The van der Waals surface area contributed by atoms with Gasteiger partial charge in [-0.15, -0.1) is 0 Å². The van der Waals surface area contributed by atoms with Gasteiger partial charge >= 0.3 is 0 Å². The normalized spacial score (nSPS) is 19.3. The Hall–Kier alpha value is -1.40. The summed E-state index contributed by atoms with van der Waals surface area (Å²) in [5.74, 6) is 0.0799. The van der Waals surface area contributed by atoms with Crippen LogP contribution in [0.4, 0.5) is 0 Å². The Kier molecular flexibility index (Phi) is 5.84. The zero-order chi connectivity index (χ0) is 13.3. The van der Waals surface area contributed by atoms with Crippen LogP contribution in [0.15, 0.2) is 18.7 Å². The third kappa shape index (κ3) is 5.40. The molecule has 1 aliphatic heterocycles. The van der Waals surface area contributed by atoms with Crippen LogP contribution in [0.1, 0.15) is 19.3 Å². The Morgan fingerprint density at radius 2 is 2.47 bits per heavy atom. The quantitative estimate of drug-likeness (QED) is 0.690. The summed E-state index contributed by atoms with van der Waals surface area (Å²) in [4.78, 5) is 15.7. The number of aromatic nitrogens is 2. The Morgan fingerprint density at radius 3 is 3.21 bits per heavy atom. The molecule has 2 N–H and O–H groups in total. The fourth-order valence-electron chi connectivity index (χ4n) is 2.10. The number of ether oxygens (including phenoxy) is 1. The molecule has 6 nitrogen and oxygen atoms in total. The maximum absolute atomic E-state index is 11.7. The number of carbonyl (C=O) groups excluding carboxylic acids is 1. The van der Waals surface area contributed by atoms with Gasteiger partial charge in [0.2, 0.25) is 5.91 Å². The standard InChI is InChI=1S/C13H22N4O2/c18-13(9-12-10-14-5-8-19-12)16-3-1-2-6-17-7-4-15-11-17/h4,7,11-12,14H,1-3,5-6,8-10H2,(H,16,18). The third-order valence-corrected chi connectivity index (χ3v) is 3.14. The summed E-state index contributed by atoms with van der Waals surface area (Å²) in [6.45, 7) is 4.03. The summed E-state index contributed by atoms with van der Waals surface area (Å²) in [7, 11) is 0. The lowest BCUT2D eigenvalue weighted by molar-refractivity contribution is -0.124. The van der Waals surface area contributed by atoms with Crippen molar-refractivity contribution in [3.63, 3.8) is 0 Å². The molecular formula is C13H22N4O2. The van der Waals surface area contributed by atoms with Crippen molar-refractivity contribution in [1.29, 1.82) is 0 Å². The smallest absolute Gasteiger partial charge is 0.222 e. The molecule has 0 bridgehead atoms. The molecule has 0 radical (unpaired) electrons. The Morgan fingerprint density at radius 1 is 1.53 bits per heavy atom. The van der Waals surface area contributed by atoms with Gasteiger partial charge in [-0.1, -0.05) is 0 Å². The van der Waals surface area contributed by atoms with Crippen molar-refractivity contribution in [2.24, 2.45) is 0 Å². The first kappa shape index (κ1) is 14.0. The number of hydrogen-bond acceptors (Lipinski definition) is 4. The molecule has 2 rings (SSSR count). The Balaban J connectivity index is 1.49. The first-order valence-electron chi connectivity index (χ1n) is 6.89. The number of aryl methyl sites for hydroxylation is 1.